The summed E-state index contributed by atoms with van der Waals surface area (Å²) < 4.78 is 10.7. The van der Waals surface area contributed by atoms with Crippen LogP contribution < -0.4 is 20.2 Å². The topological polar surface area (TPSA) is 75.2 Å². The second-order valence-corrected chi connectivity index (χ2v) is 6.39. The molecule has 0 saturated heterocycles. The molecule has 0 aliphatic carbocycles. The normalized spacial score (nSPS) is 10.6. The molecule has 0 atom stereocenters. The molecule has 0 saturated carbocycles. The fraction of sp³-hybridized carbons (Fsp3) is 0.333. The van der Waals surface area contributed by atoms with E-state index in [-0.39, 0.29) is 5.91 Å². The van der Waals surface area contributed by atoms with Crippen molar-refractivity contribution in [1.82, 2.24) is 10.3 Å². The highest BCUT2D eigenvalue weighted by atomic mass is 16.5. The molecule has 150 valence electrons. The van der Waals surface area contributed by atoms with Crippen molar-refractivity contribution in [2.45, 2.75) is 12.8 Å². The quantitative estimate of drug-likeness (QED) is 0.285. The molecule has 2 aromatic carbocycles. The van der Waals surface area contributed by atoms with Crippen LogP contribution in [-0.2, 0) is 4.79 Å². The van der Waals surface area contributed by atoms with Crippen molar-refractivity contribution in [2.24, 2.45) is 5.10 Å². The summed E-state index contributed by atoms with van der Waals surface area (Å²) in [7, 11) is 6.93. The van der Waals surface area contributed by atoms with E-state index in [1.807, 2.05) is 56.6 Å². The molecule has 0 aliphatic heterocycles. The maximum atomic E-state index is 11.8. The minimum Gasteiger partial charge on any atom is -0.493 e. The molecule has 7 nitrogen and oxygen atoms in total. The fourth-order valence-electron chi connectivity index (χ4n) is 2.64. The molecule has 0 radical (unpaired) electrons. The zero-order chi connectivity index (χ0) is 20.4. The first kappa shape index (κ1) is 21.1. The first-order valence-electron chi connectivity index (χ1n) is 9.09. The monoisotopic (exact) mass is 384 g/mol. The first-order chi connectivity index (χ1) is 13.5. The second kappa shape index (κ2) is 10.8. The van der Waals surface area contributed by atoms with Gasteiger partial charge in [0.05, 0.1) is 14.2 Å². The van der Waals surface area contributed by atoms with E-state index in [1.165, 1.54) is 0 Å². The van der Waals surface area contributed by atoms with E-state index in [0.29, 0.717) is 30.9 Å². The lowest BCUT2D eigenvalue weighted by Crippen LogP contribution is -2.20. The zero-order valence-corrected chi connectivity index (χ0v) is 16.9. The van der Waals surface area contributed by atoms with E-state index in [9.17, 15) is 4.79 Å². The van der Waals surface area contributed by atoms with Crippen LogP contribution >= 0.6 is 0 Å². The van der Waals surface area contributed by atoms with Gasteiger partial charge in [0, 0.05) is 38.3 Å². The SMILES string of the molecule is COc1ccc(-c2ccccc2NCCCC(=O)N/N=C/N(C)C)cc1OC. The van der Waals surface area contributed by atoms with Crippen LogP contribution in [0.3, 0.4) is 0 Å². The molecule has 0 heterocycles. The van der Waals surface area contributed by atoms with Crippen molar-refractivity contribution < 1.29 is 14.3 Å². The van der Waals surface area contributed by atoms with Crippen LogP contribution in [0.4, 0.5) is 5.69 Å². The van der Waals surface area contributed by atoms with Crippen molar-refractivity contribution in [3.8, 4) is 22.6 Å². The Bertz CT molecular complexity index is 806. The number of nitrogens with zero attached hydrogens (tertiary/aromatic N) is 2. The molecule has 0 unspecified atom stereocenters. The van der Waals surface area contributed by atoms with E-state index in [0.717, 1.165) is 16.8 Å². The minimum atomic E-state index is -0.104. The van der Waals surface area contributed by atoms with E-state index in [2.05, 4.69) is 15.8 Å². The van der Waals surface area contributed by atoms with Crippen molar-refractivity contribution in [1.29, 1.82) is 0 Å². The average molecular weight is 384 g/mol. The Morgan fingerprint density at radius 3 is 2.57 bits per heavy atom. The van der Waals surface area contributed by atoms with E-state index in [1.54, 1.807) is 25.5 Å². The van der Waals surface area contributed by atoms with Crippen LogP contribution in [0, 0.1) is 0 Å². The van der Waals surface area contributed by atoms with Crippen LogP contribution in [-0.4, -0.2) is 52.0 Å². The van der Waals surface area contributed by atoms with Gasteiger partial charge in [-0.15, -0.1) is 0 Å². The molecule has 1 amide bonds. The Morgan fingerprint density at radius 1 is 1.11 bits per heavy atom. The van der Waals surface area contributed by atoms with Gasteiger partial charge in [-0.05, 0) is 30.2 Å². The Morgan fingerprint density at radius 2 is 1.86 bits per heavy atom. The van der Waals surface area contributed by atoms with Gasteiger partial charge in [0.15, 0.2) is 11.5 Å². The van der Waals surface area contributed by atoms with Gasteiger partial charge < -0.3 is 19.7 Å². The number of benzene rings is 2. The molecule has 28 heavy (non-hydrogen) atoms. The number of methoxy groups -OCH3 is 2. The largest absolute Gasteiger partial charge is 0.493 e. The van der Waals surface area contributed by atoms with Crippen LogP contribution in [0.5, 0.6) is 11.5 Å². The highest BCUT2D eigenvalue weighted by molar-refractivity contribution is 5.79. The number of amides is 1. The maximum absolute atomic E-state index is 11.8. The molecular weight excluding hydrogens is 356 g/mol. The van der Waals surface area contributed by atoms with Gasteiger partial charge in [0.2, 0.25) is 5.91 Å². The molecular formula is C21H28N4O3. The lowest BCUT2D eigenvalue weighted by atomic mass is 10.0. The highest BCUT2D eigenvalue weighted by Gasteiger charge is 2.09. The molecule has 0 spiro atoms. The Balaban J connectivity index is 1.97. The second-order valence-electron chi connectivity index (χ2n) is 6.39. The first-order valence-corrected chi connectivity index (χ1v) is 9.09. The van der Waals surface area contributed by atoms with Gasteiger partial charge in [-0.2, -0.15) is 5.10 Å². The third kappa shape index (κ3) is 6.19. The predicted molar refractivity (Wildman–Crippen MR) is 113 cm³/mol. The van der Waals surface area contributed by atoms with Crippen molar-refractivity contribution in [3.05, 3.63) is 42.5 Å². The lowest BCUT2D eigenvalue weighted by molar-refractivity contribution is -0.121. The van der Waals surface area contributed by atoms with Crippen LogP contribution in [0.2, 0.25) is 0 Å². The molecule has 2 rings (SSSR count). The minimum absolute atomic E-state index is 0.104. The number of anilines is 1. The molecule has 0 aromatic heterocycles. The van der Waals surface area contributed by atoms with Crippen molar-refractivity contribution in [3.63, 3.8) is 0 Å². The van der Waals surface area contributed by atoms with Gasteiger partial charge in [-0.25, -0.2) is 5.43 Å². The number of hydrogen-bond acceptors (Lipinski definition) is 5. The summed E-state index contributed by atoms with van der Waals surface area (Å²) in [4.78, 5) is 13.5. The van der Waals surface area contributed by atoms with Gasteiger partial charge in [-0.1, -0.05) is 24.3 Å². The maximum Gasteiger partial charge on any atom is 0.240 e. The van der Waals surface area contributed by atoms with E-state index in [4.69, 9.17) is 9.47 Å². The molecule has 7 heteroatoms. The standard InChI is InChI=1S/C21H28N4O3/c1-25(2)15-23-24-21(26)10-7-13-22-18-9-6-5-8-17(18)16-11-12-19(27-3)20(14-16)28-4/h5-6,8-9,11-12,14-15,22H,7,10,13H2,1-4H3,(H,24,26)/b23-15+. The van der Waals surface area contributed by atoms with E-state index < -0.39 is 0 Å². The van der Waals surface area contributed by atoms with Crippen LogP contribution in [0.15, 0.2) is 47.6 Å². The van der Waals surface area contributed by atoms with Gasteiger partial charge in [0.25, 0.3) is 0 Å². The smallest absolute Gasteiger partial charge is 0.240 e. The summed E-state index contributed by atoms with van der Waals surface area (Å²) in [5, 5.41) is 7.26. The van der Waals surface area contributed by atoms with Gasteiger partial charge in [-0.3, -0.25) is 4.79 Å². The van der Waals surface area contributed by atoms with Gasteiger partial charge >= 0.3 is 0 Å². The summed E-state index contributed by atoms with van der Waals surface area (Å²) in [5.74, 6) is 1.28. The number of carbonyl (C=O) groups is 1. The Hall–Kier alpha value is -3.22. The molecule has 0 fully saturated rings. The van der Waals surface area contributed by atoms with Crippen molar-refractivity contribution in [2.75, 3.05) is 40.2 Å². The van der Waals surface area contributed by atoms with Gasteiger partial charge in [0.1, 0.15) is 6.34 Å². The molecule has 2 N–H and O–H groups in total. The lowest BCUT2D eigenvalue weighted by Gasteiger charge is -2.14. The summed E-state index contributed by atoms with van der Waals surface area (Å²) in [6, 6.07) is 13.9. The number of para-hydroxylation sites is 1. The Kier molecular flexibility index (Phi) is 8.14. The highest BCUT2D eigenvalue weighted by Crippen LogP contribution is 2.35. The third-order valence-corrected chi connectivity index (χ3v) is 4.00. The summed E-state index contributed by atoms with van der Waals surface area (Å²) in [6.45, 7) is 0.676. The van der Waals surface area contributed by atoms with Crippen LogP contribution in [0.25, 0.3) is 11.1 Å². The number of nitrogens with one attached hydrogen (secondary N) is 2. The van der Waals surface area contributed by atoms with Crippen molar-refractivity contribution >= 4 is 17.9 Å². The number of ether oxygens (including phenoxy) is 2. The molecule has 0 aliphatic rings. The predicted octanol–water partition coefficient (Wildman–Crippen LogP) is 3.18. The number of rotatable bonds is 10. The van der Waals surface area contributed by atoms with Crippen LogP contribution in [0.1, 0.15) is 12.8 Å². The number of hydrogen-bond donors (Lipinski definition) is 2. The molecule has 2 aromatic rings. The molecule has 0 bridgehead atoms. The summed E-state index contributed by atoms with van der Waals surface area (Å²) >= 11 is 0. The zero-order valence-electron chi connectivity index (χ0n) is 16.9. The fourth-order valence-corrected chi connectivity index (χ4v) is 2.64. The number of carbonyl (C=O) groups excluding carboxylic acids is 1. The summed E-state index contributed by atoms with van der Waals surface area (Å²) in [6.07, 6.45) is 2.65. The average Bonchev–Trinajstić information content (AvgIpc) is 2.70. The number of hydrazone groups is 1. The third-order valence-electron chi connectivity index (χ3n) is 4.00. The summed E-state index contributed by atoms with van der Waals surface area (Å²) in [5.41, 5.74) is 5.59. The van der Waals surface area contributed by atoms with E-state index >= 15 is 0 Å². The Labute approximate surface area is 166 Å².